The summed E-state index contributed by atoms with van der Waals surface area (Å²) in [7, 11) is -2.79. The van der Waals surface area contributed by atoms with Crippen LogP contribution in [0.1, 0.15) is 40.0 Å². The first-order chi connectivity index (χ1) is 15.3. The smallest absolute Gasteiger partial charge is 0.330 e. The van der Waals surface area contributed by atoms with Gasteiger partial charge in [-0.1, -0.05) is 94.1 Å². The molecule has 0 radical (unpaired) electrons. The molecule has 0 bridgehead atoms. The molecule has 2 rings (SSSR count). The van der Waals surface area contributed by atoms with Gasteiger partial charge in [-0.15, -0.1) is 6.58 Å². The second-order valence-electron chi connectivity index (χ2n) is 8.94. The lowest BCUT2D eigenvalue weighted by molar-refractivity contribution is -0.144. The van der Waals surface area contributed by atoms with E-state index in [1.165, 1.54) is 16.4 Å². The van der Waals surface area contributed by atoms with Crippen molar-refractivity contribution < 1.29 is 19.1 Å². The summed E-state index contributed by atoms with van der Waals surface area (Å²) in [5.41, 5.74) is 0. The number of benzene rings is 2. The summed E-state index contributed by atoms with van der Waals surface area (Å²) in [5, 5.41) is 12.0. The summed E-state index contributed by atoms with van der Waals surface area (Å²) < 4.78 is 12.7. The van der Waals surface area contributed by atoms with Crippen LogP contribution in [0.2, 0.25) is 5.04 Å². The number of carbonyl (C=O) groups is 1. The average molecular weight is 453 g/mol. The van der Waals surface area contributed by atoms with Crippen LogP contribution in [0.15, 0.2) is 86.0 Å². The number of rotatable bonds is 12. The molecule has 2 aromatic carbocycles. The number of ether oxygens (including phenoxy) is 1. The Kier molecular flexibility index (Phi) is 9.63. The fraction of sp³-hybridized carbons (Fsp3) is 0.370. The molecule has 0 saturated heterocycles. The predicted octanol–water partition coefficient (Wildman–Crippen LogP) is 4.38. The minimum atomic E-state index is -2.79. The molecular formula is C27H36O4Si. The molecule has 5 heteroatoms. The Hall–Kier alpha value is -2.47. The first kappa shape index (κ1) is 25.8. The molecule has 0 aliphatic rings. The Morgan fingerprint density at radius 1 is 1.00 bits per heavy atom. The molecule has 4 nitrogen and oxygen atoms in total. The predicted molar refractivity (Wildman–Crippen MR) is 134 cm³/mol. The van der Waals surface area contributed by atoms with Gasteiger partial charge in [-0.2, -0.15) is 0 Å². The molecule has 0 amide bonds. The topological polar surface area (TPSA) is 55.8 Å². The third-order valence-corrected chi connectivity index (χ3v) is 10.7. The monoisotopic (exact) mass is 452 g/mol. The van der Waals surface area contributed by atoms with E-state index in [4.69, 9.17) is 9.16 Å². The van der Waals surface area contributed by atoms with Crippen LogP contribution >= 0.6 is 0 Å². The highest BCUT2D eigenvalue weighted by Crippen LogP contribution is 2.38. The van der Waals surface area contributed by atoms with Crippen molar-refractivity contribution >= 4 is 24.7 Å². The van der Waals surface area contributed by atoms with Crippen molar-refractivity contribution in [2.45, 2.75) is 57.3 Å². The van der Waals surface area contributed by atoms with Gasteiger partial charge in [-0.25, -0.2) is 4.79 Å². The van der Waals surface area contributed by atoms with Gasteiger partial charge in [0.25, 0.3) is 8.32 Å². The Balaban J connectivity index is 2.55. The molecule has 0 aliphatic carbocycles. The zero-order chi connectivity index (χ0) is 23.6. The standard InChI is InChI=1S/C27H36O4Si/c1-6-14-22(30-26(29)7-2)21-23(19-20-28)31-32(27(3,4)5,24-15-10-8-11-16-24)25-17-12-9-13-18-25/h6-13,15-18,22-23,28H,1-2,14,19-21H2,3-5H3/t22-,23+/m1/s1. The second-order valence-corrected chi connectivity index (χ2v) is 13.2. The first-order valence-corrected chi connectivity index (χ1v) is 13.0. The molecule has 0 aromatic heterocycles. The lowest BCUT2D eigenvalue weighted by Crippen LogP contribution is -2.67. The van der Waals surface area contributed by atoms with Crippen LogP contribution in [-0.4, -0.2) is 38.2 Å². The van der Waals surface area contributed by atoms with E-state index in [-0.39, 0.29) is 17.7 Å². The van der Waals surface area contributed by atoms with E-state index >= 15 is 0 Å². The van der Waals surface area contributed by atoms with E-state index in [0.717, 1.165) is 0 Å². The van der Waals surface area contributed by atoms with E-state index in [1.54, 1.807) is 6.08 Å². The minimum Gasteiger partial charge on any atom is -0.459 e. The maximum absolute atomic E-state index is 11.9. The van der Waals surface area contributed by atoms with Crippen LogP contribution in [-0.2, 0) is 14.0 Å². The quantitative estimate of drug-likeness (QED) is 0.225. The average Bonchev–Trinajstić information content (AvgIpc) is 2.78. The van der Waals surface area contributed by atoms with Gasteiger partial charge in [-0.05, 0) is 21.8 Å². The van der Waals surface area contributed by atoms with E-state index in [9.17, 15) is 9.90 Å². The largest absolute Gasteiger partial charge is 0.459 e. The molecule has 0 saturated carbocycles. The summed E-state index contributed by atoms with van der Waals surface area (Å²) in [6.07, 6.45) is 3.63. The zero-order valence-corrected chi connectivity index (χ0v) is 20.5. The zero-order valence-electron chi connectivity index (χ0n) is 19.5. The maximum Gasteiger partial charge on any atom is 0.330 e. The number of hydrogen-bond acceptors (Lipinski definition) is 4. The molecule has 1 N–H and O–H groups in total. The van der Waals surface area contributed by atoms with Crippen molar-refractivity contribution in [2.24, 2.45) is 0 Å². The van der Waals surface area contributed by atoms with Crippen LogP contribution in [0.5, 0.6) is 0 Å². The van der Waals surface area contributed by atoms with Crippen molar-refractivity contribution in [1.82, 2.24) is 0 Å². The van der Waals surface area contributed by atoms with Gasteiger partial charge >= 0.3 is 5.97 Å². The molecule has 0 aliphatic heterocycles. The van der Waals surface area contributed by atoms with Crippen molar-refractivity contribution in [3.05, 3.63) is 86.0 Å². The highest BCUT2D eigenvalue weighted by molar-refractivity contribution is 6.99. The number of aliphatic hydroxyl groups excluding tert-OH is 1. The van der Waals surface area contributed by atoms with Crippen LogP contribution in [0.4, 0.5) is 0 Å². The van der Waals surface area contributed by atoms with Crippen LogP contribution in [0.25, 0.3) is 0 Å². The molecule has 0 spiro atoms. The normalized spacial score (nSPS) is 13.8. The Morgan fingerprint density at radius 2 is 1.53 bits per heavy atom. The van der Waals surface area contributed by atoms with E-state index in [1.807, 2.05) is 36.4 Å². The van der Waals surface area contributed by atoms with E-state index in [2.05, 4.69) is 58.2 Å². The number of hydrogen-bond donors (Lipinski definition) is 1. The molecule has 2 aromatic rings. The van der Waals surface area contributed by atoms with Crippen molar-refractivity contribution in [3.63, 3.8) is 0 Å². The fourth-order valence-electron chi connectivity index (χ4n) is 4.19. The van der Waals surface area contributed by atoms with Crippen LogP contribution in [0, 0.1) is 0 Å². The summed E-state index contributed by atoms with van der Waals surface area (Å²) in [5.74, 6) is -0.468. The first-order valence-electron chi connectivity index (χ1n) is 11.1. The van der Waals surface area contributed by atoms with Gasteiger partial charge in [-0.3, -0.25) is 0 Å². The summed E-state index contributed by atoms with van der Waals surface area (Å²) in [6.45, 7) is 13.9. The molecule has 0 fully saturated rings. The van der Waals surface area contributed by atoms with Gasteiger partial charge in [0.05, 0.1) is 6.10 Å². The Labute approximate surface area is 193 Å². The van der Waals surface area contributed by atoms with Crippen molar-refractivity contribution in [3.8, 4) is 0 Å². The number of carbonyl (C=O) groups excluding carboxylic acids is 1. The van der Waals surface area contributed by atoms with Gasteiger partial charge < -0.3 is 14.3 Å². The van der Waals surface area contributed by atoms with Gasteiger partial charge in [0.2, 0.25) is 0 Å². The molecule has 172 valence electrons. The van der Waals surface area contributed by atoms with Gasteiger partial charge in [0, 0.05) is 25.5 Å². The Bertz CT molecular complexity index is 819. The molecule has 0 heterocycles. The Morgan fingerprint density at radius 3 is 1.94 bits per heavy atom. The van der Waals surface area contributed by atoms with Crippen molar-refractivity contribution in [2.75, 3.05) is 6.61 Å². The van der Waals surface area contributed by atoms with Crippen LogP contribution < -0.4 is 10.4 Å². The fourth-order valence-corrected chi connectivity index (χ4v) is 8.92. The highest BCUT2D eigenvalue weighted by Gasteiger charge is 2.51. The number of aliphatic hydroxyl groups is 1. The SMILES string of the molecule is C=CC[C@H](C[C@H](CCO)O[Si](c1ccccc1)(c1ccccc1)C(C)(C)C)OC(=O)C=C. The molecule has 2 atom stereocenters. The summed E-state index contributed by atoms with van der Waals surface area (Å²) in [6, 6.07) is 20.8. The van der Waals surface area contributed by atoms with E-state index in [0.29, 0.717) is 19.3 Å². The lowest BCUT2D eigenvalue weighted by atomic mass is 10.1. The molecular weight excluding hydrogens is 416 g/mol. The third kappa shape index (κ3) is 6.28. The molecule has 0 unspecified atom stereocenters. The maximum atomic E-state index is 11.9. The lowest BCUT2D eigenvalue weighted by Gasteiger charge is -2.45. The summed E-state index contributed by atoms with van der Waals surface area (Å²) >= 11 is 0. The third-order valence-electron chi connectivity index (χ3n) is 5.62. The van der Waals surface area contributed by atoms with Crippen molar-refractivity contribution in [1.29, 1.82) is 0 Å². The number of esters is 1. The molecule has 32 heavy (non-hydrogen) atoms. The minimum absolute atomic E-state index is 0.0148. The van der Waals surface area contributed by atoms with Gasteiger partial charge in [0.15, 0.2) is 0 Å². The second kappa shape index (κ2) is 12.0. The van der Waals surface area contributed by atoms with Gasteiger partial charge in [0.1, 0.15) is 6.10 Å². The highest BCUT2D eigenvalue weighted by atomic mass is 28.4. The van der Waals surface area contributed by atoms with Crippen LogP contribution in [0.3, 0.4) is 0 Å². The van der Waals surface area contributed by atoms with E-state index < -0.39 is 20.4 Å². The summed E-state index contributed by atoms with van der Waals surface area (Å²) in [4.78, 5) is 11.9.